The van der Waals surface area contributed by atoms with E-state index < -0.39 is 0 Å². The Morgan fingerprint density at radius 2 is 1.50 bits per heavy atom. The van der Waals surface area contributed by atoms with Crippen molar-refractivity contribution in [1.29, 1.82) is 5.41 Å². The molecule has 1 N–H and O–H groups in total. The molecule has 2 aromatic heterocycles. The predicted octanol–water partition coefficient (Wildman–Crippen LogP) is 1.72. The van der Waals surface area contributed by atoms with E-state index in [0.717, 1.165) is 0 Å². The first kappa shape index (κ1) is 9.23. The fraction of sp³-hybridized carbons (Fsp3) is 0. The van der Waals surface area contributed by atoms with E-state index in [-0.39, 0.29) is 5.96 Å². The summed E-state index contributed by atoms with van der Waals surface area (Å²) in [6.07, 6.45) is 5.92. The van der Waals surface area contributed by atoms with Gasteiger partial charge in [-0.15, -0.1) is 0 Å². The molecule has 2 heterocycles. The minimum atomic E-state index is 0.0591. The zero-order chi connectivity index (χ0) is 10.1. The van der Waals surface area contributed by atoms with Crippen LogP contribution in [0.2, 0.25) is 10.0 Å². The van der Waals surface area contributed by atoms with Crippen LogP contribution in [0.3, 0.4) is 0 Å². The van der Waals surface area contributed by atoms with Crippen molar-refractivity contribution in [2.75, 3.05) is 0 Å². The van der Waals surface area contributed by atoms with Crippen LogP contribution < -0.4 is 0 Å². The Kier molecular flexibility index (Phi) is 2.26. The van der Waals surface area contributed by atoms with Crippen molar-refractivity contribution in [1.82, 2.24) is 19.6 Å². The predicted molar refractivity (Wildman–Crippen MR) is 53.0 cm³/mol. The molecule has 0 atom stereocenters. The lowest BCUT2D eigenvalue weighted by Gasteiger charge is -2.01. The van der Waals surface area contributed by atoms with Crippen molar-refractivity contribution >= 4 is 29.2 Å². The maximum atomic E-state index is 7.68. The van der Waals surface area contributed by atoms with Crippen molar-refractivity contribution in [3.05, 3.63) is 34.8 Å². The number of aromatic nitrogens is 4. The molecule has 2 rings (SSSR count). The molecule has 0 unspecified atom stereocenters. The Morgan fingerprint density at radius 3 is 1.79 bits per heavy atom. The highest BCUT2D eigenvalue weighted by molar-refractivity contribution is 6.30. The summed E-state index contributed by atoms with van der Waals surface area (Å²) < 4.78 is 2.59. The third-order valence-corrected chi connectivity index (χ3v) is 1.93. The minimum absolute atomic E-state index is 0.0591. The van der Waals surface area contributed by atoms with Crippen LogP contribution >= 0.6 is 23.2 Å². The molecule has 0 amide bonds. The standard InChI is InChI=1S/C7H5Cl2N5/c8-5-1-11-13(3-5)7(10)14-4-6(9)2-12-14/h1-4,10H. The largest absolute Gasteiger partial charge is 0.265 e. The van der Waals surface area contributed by atoms with Crippen molar-refractivity contribution in [3.8, 4) is 0 Å². The number of nitrogens with zero attached hydrogens (tertiary/aromatic N) is 4. The van der Waals surface area contributed by atoms with Gasteiger partial charge in [0.15, 0.2) is 0 Å². The minimum Gasteiger partial charge on any atom is -0.265 e. The lowest BCUT2D eigenvalue weighted by molar-refractivity contribution is 0.807. The van der Waals surface area contributed by atoms with Crippen LogP contribution in [-0.2, 0) is 0 Å². The lowest BCUT2D eigenvalue weighted by atomic mass is 10.7. The second kappa shape index (κ2) is 3.43. The highest BCUT2D eigenvalue weighted by Gasteiger charge is 2.05. The van der Waals surface area contributed by atoms with Gasteiger partial charge in [-0.3, -0.25) is 5.41 Å². The molecule has 7 heteroatoms. The van der Waals surface area contributed by atoms with Crippen LogP contribution in [0.5, 0.6) is 0 Å². The zero-order valence-electron chi connectivity index (χ0n) is 6.85. The van der Waals surface area contributed by atoms with E-state index in [1.54, 1.807) is 0 Å². The van der Waals surface area contributed by atoms with Gasteiger partial charge in [0, 0.05) is 0 Å². The molecule has 0 radical (unpaired) electrons. The molecule has 2 aromatic rings. The van der Waals surface area contributed by atoms with Gasteiger partial charge in [-0.1, -0.05) is 23.2 Å². The molecule has 0 aliphatic heterocycles. The van der Waals surface area contributed by atoms with Gasteiger partial charge < -0.3 is 0 Å². The second-order valence-electron chi connectivity index (χ2n) is 2.53. The van der Waals surface area contributed by atoms with E-state index >= 15 is 0 Å². The van der Waals surface area contributed by atoms with Crippen molar-refractivity contribution in [2.24, 2.45) is 0 Å². The van der Waals surface area contributed by atoms with Gasteiger partial charge >= 0.3 is 0 Å². The lowest BCUT2D eigenvalue weighted by Crippen LogP contribution is -2.20. The quantitative estimate of drug-likeness (QED) is 0.553. The highest BCUT2D eigenvalue weighted by Crippen LogP contribution is 2.07. The summed E-state index contributed by atoms with van der Waals surface area (Å²) in [6, 6.07) is 0. The average Bonchev–Trinajstić information content (AvgIpc) is 2.73. The summed E-state index contributed by atoms with van der Waals surface area (Å²) >= 11 is 11.3. The monoisotopic (exact) mass is 229 g/mol. The number of nitrogens with one attached hydrogen (secondary N) is 1. The van der Waals surface area contributed by atoms with Crippen LogP contribution in [0.1, 0.15) is 0 Å². The first-order chi connectivity index (χ1) is 6.66. The average molecular weight is 230 g/mol. The Labute approximate surface area is 89.4 Å². The van der Waals surface area contributed by atoms with E-state index in [0.29, 0.717) is 10.0 Å². The topological polar surface area (TPSA) is 59.5 Å². The van der Waals surface area contributed by atoms with Crippen molar-refractivity contribution in [2.45, 2.75) is 0 Å². The van der Waals surface area contributed by atoms with Gasteiger partial charge in [0.05, 0.1) is 34.8 Å². The van der Waals surface area contributed by atoms with Gasteiger partial charge in [-0.05, 0) is 0 Å². The summed E-state index contributed by atoms with van der Waals surface area (Å²) in [4.78, 5) is 0. The van der Waals surface area contributed by atoms with Gasteiger partial charge in [0.25, 0.3) is 0 Å². The van der Waals surface area contributed by atoms with Crippen LogP contribution in [0.15, 0.2) is 24.8 Å². The van der Waals surface area contributed by atoms with E-state index in [1.165, 1.54) is 34.2 Å². The summed E-state index contributed by atoms with van der Waals surface area (Å²) in [7, 11) is 0. The smallest absolute Gasteiger partial charge is 0.244 e. The molecule has 5 nitrogen and oxygen atoms in total. The first-order valence-electron chi connectivity index (χ1n) is 3.66. The van der Waals surface area contributed by atoms with Crippen LogP contribution in [0, 0.1) is 5.41 Å². The molecule has 14 heavy (non-hydrogen) atoms. The summed E-state index contributed by atoms with van der Waals surface area (Å²) in [5, 5.41) is 16.3. The van der Waals surface area contributed by atoms with E-state index in [2.05, 4.69) is 10.2 Å². The van der Waals surface area contributed by atoms with E-state index in [9.17, 15) is 0 Å². The SMILES string of the molecule is N=C(n1cc(Cl)cn1)n1cc(Cl)cn1. The molecule has 0 aliphatic rings. The first-order valence-corrected chi connectivity index (χ1v) is 4.42. The summed E-state index contributed by atoms with van der Waals surface area (Å²) in [5.74, 6) is 0.0591. The second-order valence-corrected chi connectivity index (χ2v) is 3.40. The molecule has 0 saturated heterocycles. The van der Waals surface area contributed by atoms with Crippen LogP contribution in [-0.4, -0.2) is 25.5 Å². The molecule has 0 aliphatic carbocycles. The molecular weight excluding hydrogens is 225 g/mol. The fourth-order valence-electron chi connectivity index (χ4n) is 0.938. The number of hydrogen-bond donors (Lipinski definition) is 1. The third kappa shape index (κ3) is 1.64. The van der Waals surface area contributed by atoms with Gasteiger partial charge in [0.1, 0.15) is 0 Å². The summed E-state index contributed by atoms with van der Waals surface area (Å²) in [6.45, 7) is 0. The number of halogens is 2. The Balaban J connectivity index is 2.33. The summed E-state index contributed by atoms with van der Waals surface area (Å²) in [5.41, 5.74) is 0. The Hall–Kier alpha value is -1.33. The number of hydrogen-bond acceptors (Lipinski definition) is 3. The molecule has 0 bridgehead atoms. The third-order valence-electron chi connectivity index (χ3n) is 1.54. The van der Waals surface area contributed by atoms with E-state index in [4.69, 9.17) is 28.6 Å². The molecule has 72 valence electrons. The zero-order valence-corrected chi connectivity index (χ0v) is 8.37. The molecular formula is C7H5Cl2N5. The molecule has 0 aromatic carbocycles. The maximum absolute atomic E-state index is 7.68. The van der Waals surface area contributed by atoms with Gasteiger partial charge in [0.2, 0.25) is 5.96 Å². The van der Waals surface area contributed by atoms with E-state index in [1.807, 2.05) is 0 Å². The Morgan fingerprint density at radius 1 is 1.07 bits per heavy atom. The number of rotatable bonds is 0. The van der Waals surface area contributed by atoms with Crippen LogP contribution in [0.25, 0.3) is 0 Å². The molecule has 0 saturated carbocycles. The van der Waals surface area contributed by atoms with Gasteiger partial charge in [-0.2, -0.15) is 10.2 Å². The van der Waals surface area contributed by atoms with Gasteiger partial charge in [-0.25, -0.2) is 9.36 Å². The maximum Gasteiger partial charge on any atom is 0.244 e. The Bertz CT molecular complexity index is 430. The van der Waals surface area contributed by atoms with Crippen molar-refractivity contribution in [3.63, 3.8) is 0 Å². The normalized spacial score (nSPS) is 10.4. The fourth-order valence-corrected chi connectivity index (χ4v) is 1.21. The molecule has 0 spiro atoms. The van der Waals surface area contributed by atoms with Crippen molar-refractivity contribution < 1.29 is 0 Å². The van der Waals surface area contributed by atoms with Crippen LogP contribution in [0.4, 0.5) is 0 Å². The highest BCUT2D eigenvalue weighted by atomic mass is 35.5. The molecule has 0 fully saturated rings.